The third kappa shape index (κ3) is 3.86. The maximum absolute atomic E-state index is 9.92. The quantitative estimate of drug-likeness (QED) is 0.793. The fraction of sp³-hybridized carbons (Fsp3) is 0.267. The fourth-order valence-corrected chi connectivity index (χ4v) is 1.72. The minimum atomic E-state index is -0.460. The van der Waals surface area contributed by atoms with Crippen LogP contribution in [0.25, 0.3) is 0 Å². The highest BCUT2D eigenvalue weighted by atomic mass is 16.5. The van der Waals surface area contributed by atoms with Gasteiger partial charge >= 0.3 is 0 Å². The number of aliphatic hydroxyl groups excluding tert-OH is 1. The molecule has 0 bridgehead atoms. The number of hydrogen-bond acceptors (Lipinski definition) is 3. The summed E-state index contributed by atoms with van der Waals surface area (Å²) in [5, 5.41) is 9.92. The van der Waals surface area contributed by atoms with Crippen molar-refractivity contribution in [2.24, 2.45) is 0 Å². The van der Waals surface area contributed by atoms with Gasteiger partial charge in [-0.1, -0.05) is 24.3 Å². The van der Waals surface area contributed by atoms with Crippen LogP contribution in [0.15, 0.2) is 54.9 Å². The minimum absolute atomic E-state index is 0.460. The summed E-state index contributed by atoms with van der Waals surface area (Å²) in [4.78, 5) is 3.99. The Kier molecular flexibility index (Phi) is 4.73. The van der Waals surface area contributed by atoms with Crippen molar-refractivity contribution in [2.45, 2.75) is 18.9 Å². The van der Waals surface area contributed by atoms with Gasteiger partial charge in [-0.2, -0.15) is 0 Å². The van der Waals surface area contributed by atoms with E-state index in [-0.39, 0.29) is 0 Å². The van der Waals surface area contributed by atoms with Gasteiger partial charge in [0.1, 0.15) is 5.75 Å². The lowest BCUT2D eigenvalue weighted by molar-refractivity contribution is 0.154. The molecule has 0 saturated heterocycles. The molecule has 3 nitrogen and oxygen atoms in total. The molecule has 1 aromatic heterocycles. The van der Waals surface area contributed by atoms with Crippen molar-refractivity contribution < 1.29 is 9.84 Å². The fourth-order valence-electron chi connectivity index (χ4n) is 1.72. The van der Waals surface area contributed by atoms with Gasteiger partial charge in [-0.15, -0.1) is 0 Å². The molecule has 3 heteroatoms. The lowest BCUT2D eigenvalue weighted by Gasteiger charge is -2.10. The van der Waals surface area contributed by atoms with E-state index in [0.29, 0.717) is 13.0 Å². The van der Waals surface area contributed by atoms with Gasteiger partial charge in [0.25, 0.3) is 0 Å². The molecule has 18 heavy (non-hydrogen) atoms. The third-order valence-electron chi connectivity index (χ3n) is 2.70. The molecule has 0 amide bonds. The number of pyridine rings is 1. The first kappa shape index (κ1) is 12.6. The molecule has 1 N–H and O–H groups in total. The molecule has 0 spiro atoms. The normalized spacial score (nSPS) is 12.1. The highest BCUT2D eigenvalue weighted by molar-refractivity contribution is 5.20. The van der Waals surface area contributed by atoms with Crippen LogP contribution >= 0.6 is 0 Å². The monoisotopic (exact) mass is 243 g/mol. The van der Waals surface area contributed by atoms with E-state index in [2.05, 4.69) is 4.98 Å². The second kappa shape index (κ2) is 6.77. The van der Waals surface area contributed by atoms with E-state index in [4.69, 9.17) is 4.74 Å². The van der Waals surface area contributed by atoms with Crippen molar-refractivity contribution in [2.75, 3.05) is 6.61 Å². The standard InChI is InChI=1S/C15H17NO2/c17-15(13-6-4-10-16-12-13)9-5-11-18-14-7-2-1-3-8-14/h1-4,6-8,10,12,15,17H,5,9,11H2. The molecule has 2 rings (SSSR count). The van der Waals surface area contributed by atoms with Crippen LogP contribution in [0, 0.1) is 0 Å². The van der Waals surface area contributed by atoms with Crippen molar-refractivity contribution in [3.05, 3.63) is 60.4 Å². The number of benzene rings is 1. The van der Waals surface area contributed by atoms with Gasteiger partial charge in [-0.3, -0.25) is 4.98 Å². The summed E-state index contributed by atoms with van der Waals surface area (Å²) in [7, 11) is 0. The Labute approximate surface area is 107 Å². The lowest BCUT2D eigenvalue weighted by Crippen LogP contribution is -2.02. The number of hydrogen-bond donors (Lipinski definition) is 1. The molecule has 1 unspecified atom stereocenters. The molecule has 2 aromatic rings. The first-order valence-electron chi connectivity index (χ1n) is 6.12. The van der Waals surface area contributed by atoms with Crippen molar-refractivity contribution in [1.82, 2.24) is 4.98 Å². The Morgan fingerprint density at radius 2 is 1.94 bits per heavy atom. The van der Waals surface area contributed by atoms with Crippen LogP contribution in [0.5, 0.6) is 5.75 Å². The lowest BCUT2D eigenvalue weighted by atomic mass is 10.1. The number of nitrogens with zero attached hydrogens (tertiary/aromatic N) is 1. The predicted octanol–water partition coefficient (Wildman–Crippen LogP) is 2.97. The molecule has 0 fully saturated rings. The number of para-hydroxylation sites is 1. The summed E-state index contributed by atoms with van der Waals surface area (Å²) >= 11 is 0. The van der Waals surface area contributed by atoms with Gasteiger partial charge in [-0.25, -0.2) is 0 Å². The average molecular weight is 243 g/mol. The van der Waals surface area contributed by atoms with Crippen molar-refractivity contribution in [3.63, 3.8) is 0 Å². The van der Waals surface area contributed by atoms with Gasteiger partial charge < -0.3 is 9.84 Å². The van der Waals surface area contributed by atoms with Gasteiger partial charge in [0, 0.05) is 12.4 Å². The summed E-state index contributed by atoms with van der Waals surface area (Å²) in [5.74, 6) is 0.869. The zero-order chi connectivity index (χ0) is 12.6. The van der Waals surface area contributed by atoms with Gasteiger partial charge in [0.05, 0.1) is 12.7 Å². The highest BCUT2D eigenvalue weighted by Gasteiger charge is 2.06. The van der Waals surface area contributed by atoms with Gasteiger partial charge in [-0.05, 0) is 36.6 Å². The number of rotatable bonds is 6. The van der Waals surface area contributed by atoms with Crippen LogP contribution in [0.4, 0.5) is 0 Å². The Bertz CT molecular complexity index is 445. The van der Waals surface area contributed by atoms with Crippen molar-refractivity contribution >= 4 is 0 Å². The molecular formula is C15H17NO2. The van der Waals surface area contributed by atoms with E-state index >= 15 is 0 Å². The van der Waals surface area contributed by atoms with Crippen LogP contribution in [0.3, 0.4) is 0 Å². The largest absolute Gasteiger partial charge is 0.494 e. The topological polar surface area (TPSA) is 42.4 Å². The highest BCUT2D eigenvalue weighted by Crippen LogP contribution is 2.17. The van der Waals surface area contributed by atoms with E-state index in [1.54, 1.807) is 12.4 Å². The Morgan fingerprint density at radius 3 is 2.67 bits per heavy atom. The summed E-state index contributed by atoms with van der Waals surface area (Å²) in [6, 6.07) is 13.4. The second-order valence-corrected chi connectivity index (χ2v) is 4.11. The van der Waals surface area contributed by atoms with E-state index in [1.165, 1.54) is 0 Å². The zero-order valence-electron chi connectivity index (χ0n) is 10.2. The number of ether oxygens (including phenoxy) is 1. The van der Waals surface area contributed by atoms with E-state index in [0.717, 1.165) is 17.7 Å². The van der Waals surface area contributed by atoms with Crippen LogP contribution in [0.2, 0.25) is 0 Å². The van der Waals surface area contributed by atoms with E-state index in [9.17, 15) is 5.11 Å². The van der Waals surface area contributed by atoms with Crippen LogP contribution in [0.1, 0.15) is 24.5 Å². The average Bonchev–Trinajstić information content (AvgIpc) is 2.45. The predicted molar refractivity (Wildman–Crippen MR) is 70.4 cm³/mol. The van der Waals surface area contributed by atoms with Crippen LogP contribution in [-0.4, -0.2) is 16.7 Å². The van der Waals surface area contributed by atoms with Crippen LogP contribution < -0.4 is 4.74 Å². The maximum Gasteiger partial charge on any atom is 0.119 e. The molecule has 0 saturated carbocycles. The van der Waals surface area contributed by atoms with Crippen molar-refractivity contribution in [1.29, 1.82) is 0 Å². The minimum Gasteiger partial charge on any atom is -0.494 e. The number of aromatic nitrogens is 1. The first-order valence-corrected chi connectivity index (χ1v) is 6.12. The summed E-state index contributed by atoms with van der Waals surface area (Å²) in [5.41, 5.74) is 0.859. The van der Waals surface area contributed by atoms with E-state index < -0.39 is 6.10 Å². The van der Waals surface area contributed by atoms with Gasteiger partial charge in [0.15, 0.2) is 0 Å². The molecule has 1 atom stereocenters. The zero-order valence-corrected chi connectivity index (χ0v) is 10.2. The van der Waals surface area contributed by atoms with Crippen molar-refractivity contribution in [3.8, 4) is 5.75 Å². The second-order valence-electron chi connectivity index (χ2n) is 4.11. The summed E-state index contributed by atoms with van der Waals surface area (Å²) < 4.78 is 5.57. The molecule has 1 heterocycles. The van der Waals surface area contributed by atoms with Crippen LogP contribution in [-0.2, 0) is 0 Å². The molecule has 0 aliphatic carbocycles. The Morgan fingerprint density at radius 1 is 1.11 bits per heavy atom. The summed E-state index contributed by atoms with van der Waals surface area (Å²) in [6.45, 7) is 0.612. The summed E-state index contributed by atoms with van der Waals surface area (Å²) in [6.07, 6.45) is 4.43. The molecule has 0 radical (unpaired) electrons. The third-order valence-corrected chi connectivity index (χ3v) is 2.70. The maximum atomic E-state index is 9.92. The Hall–Kier alpha value is -1.87. The number of aliphatic hydroxyl groups is 1. The van der Waals surface area contributed by atoms with Gasteiger partial charge in [0.2, 0.25) is 0 Å². The SMILES string of the molecule is OC(CCCOc1ccccc1)c1cccnc1. The first-order chi connectivity index (χ1) is 8.86. The molecule has 1 aromatic carbocycles. The Balaban J connectivity index is 1.70. The molecule has 0 aliphatic heterocycles. The van der Waals surface area contributed by atoms with E-state index in [1.807, 2.05) is 42.5 Å². The molecule has 94 valence electrons. The molecular weight excluding hydrogens is 226 g/mol. The smallest absolute Gasteiger partial charge is 0.119 e. The molecule has 0 aliphatic rings.